The van der Waals surface area contributed by atoms with E-state index in [2.05, 4.69) is 36.9 Å². The van der Waals surface area contributed by atoms with E-state index in [9.17, 15) is 0 Å². The van der Waals surface area contributed by atoms with E-state index in [-0.39, 0.29) is 0 Å². The molecule has 1 aromatic rings. The summed E-state index contributed by atoms with van der Waals surface area (Å²) in [5, 5.41) is 7.87. The Morgan fingerprint density at radius 3 is 2.80 bits per heavy atom. The van der Waals surface area contributed by atoms with Crippen molar-refractivity contribution in [2.75, 3.05) is 6.54 Å². The van der Waals surface area contributed by atoms with Crippen molar-refractivity contribution in [1.82, 2.24) is 15.1 Å². The lowest BCUT2D eigenvalue weighted by Crippen LogP contribution is -2.21. The van der Waals surface area contributed by atoms with Gasteiger partial charge in [-0.25, -0.2) is 0 Å². The summed E-state index contributed by atoms with van der Waals surface area (Å²) in [5.74, 6) is 0. The lowest BCUT2D eigenvalue weighted by molar-refractivity contribution is 0.522. The van der Waals surface area contributed by atoms with Crippen molar-refractivity contribution in [3.63, 3.8) is 0 Å². The van der Waals surface area contributed by atoms with Crippen molar-refractivity contribution in [2.45, 2.75) is 32.7 Å². The predicted octanol–water partition coefficient (Wildman–Crippen LogP) is 2.43. The van der Waals surface area contributed by atoms with Gasteiger partial charge in [0.05, 0.1) is 11.7 Å². The van der Waals surface area contributed by atoms with Crippen molar-refractivity contribution in [1.29, 1.82) is 0 Å². The van der Waals surface area contributed by atoms with Gasteiger partial charge in [0.25, 0.3) is 0 Å². The average Bonchev–Trinajstić information content (AvgIpc) is 2.64. The van der Waals surface area contributed by atoms with Gasteiger partial charge in [-0.15, -0.1) is 0 Å². The largest absolute Gasteiger partial charge is 0.309 e. The maximum absolute atomic E-state index is 4.43. The fraction of sp³-hybridized carbons (Fsp3) is 0.583. The quantitative estimate of drug-likeness (QED) is 0.726. The first-order valence-electron chi connectivity index (χ1n) is 5.57. The minimum absolute atomic E-state index is 0.309. The monoisotopic (exact) mass is 207 g/mol. The van der Waals surface area contributed by atoms with E-state index in [1.54, 1.807) is 0 Å². The van der Waals surface area contributed by atoms with Crippen LogP contribution in [0.4, 0.5) is 0 Å². The van der Waals surface area contributed by atoms with E-state index >= 15 is 0 Å². The molecular formula is C12H21N3. The van der Waals surface area contributed by atoms with E-state index in [0.717, 1.165) is 25.1 Å². The van der Waals surface area contributed by atoms with Crippen molar-refractivity contribution in [2.24, 2.45) is 7.05 Å². The van der Waals surface area contributed by atoms with E-state index in [0.29, 0.717) is 6.04 Å². The summed E-state index contributed by atoms with van der Waals surface area (Å²) < 4.78 is 1.84. The van der Waals surface area contributed by atoms with Crippen LogP contribution in [0.1, 0.15) is 38.4 Å². The highest BCUT2D eigenvalue weighted by molar-refractivity contribution is 5.10. The fourth-order valence-electron chi connectivity index (χ4n) is 1.58. The highest BCUT2D eigenvalue weighted by Gasteiger charge is 2.13. The molecule has 84 valence electrons. The molecule has 3 heteroatoms. The Kier molecular flexibility index (Phi) is 4.56. The Morgan fingerprint density at radius 1 is 1.60 bits per heavy atom. The molecule has 0 aliphatic rings. The first-order chi connectivity index (χ1) is 7.17. The minimum Gasteiger partial charge on any atom is -0.309 e. The second-order valence-electron chi connectivity index (χ2n) is 3.83. The van der Waals surface area contributed by atoms with Crippen LogP contribution in [-0.4, -0.2) is 16.3 Å². The van der Waals surface area contributed by atoms with Crippen molar-refractivity contribution < 1.29 is 0 Å². The molecule has 0 amide bonds. The standard InChI is InChI=1S/C12H21N3/c1-5-10(3)9-12(13-6-2)11-7-8-15(4)14-11/h7-8,12-13H,3,5-6,9H2,1-2,4H3. The summed E-state index contributed by atoms with van der Waals surface area (Å²) in [7, 11) is 1.95. The number of hydrogen-bond acceptors (Lipinski definition) is 2. The molecule has 1 aromatic heterocycles. The Morgan fingerprint density at radius 2 is 2.33 bits per heavy atom. The second kappa shape index (κ2) is 5.71. The van der Waals surface area contributed by atoms with Crippen LogP contribution in [0.15, 0.2) is 24.4 Å². The molecule has 1 heterocycles. The Bertz CT molecular complexity index is 314. The van der Waals surface area contributed by atoms with Crippen LogP contribution in [0.2, 0.25) is 0 Å². The molecule has 1 rings (SSSR count). The zero-order valence-corrected chi connectivity index (χ0v) is 9.95. The highest BCUT2D eigenvalue weighted by atomic mass is 15.3. The normalized spacial score (nSPS) is 12.7. The van der Waals surface area contributed by atoms with Crippen molar-refractivity contribution in [3.05, 3.63) is 30.1 Å². The number of nitrogens with one attached hydrogen (secondary N) is 1. The summed E-state index contributed by atoms with van der Waals surface area (Å²) in [5.41, 5.74) is 2.38. The number of aryl methyl sites for hydroxylation is 1. The van der Waals surface area contributed by atoms with Gasteiger partial charge in [0.2, 0.25) is 0 Å². The van der Waals surface area contributed by atoms with Crippen LogP contribution in [0.5, 0.6) is 0 Å². The van der Waals surface area contributed by atoms with E-state index in [4.69, 9.17) is 0 Å². The molecule has 1 N–H and O–H groups in total. The van der Waals surface area contributed by atoms with Crippen molar-refractivity contribution in [3.8, 4) is 0 Å². The third-order valence-corrected chi connectivity index (χ3v) is 2.53. The maximum atomic E-state index is 4.43. The molecule has 3 nitrogen and oxygen atoms in total. The summed E-state index contributed by atoms with van der Waals surface area (Å²) in [4.78, 5) is 0. The summed E-state index contributed by atoms with van der Waals surface area (Å²) in [6.45, 7) is 9.27. The van der Waals surface area contributed by atoms with Gasteiger partial charge in [-0.3, -0.25) is 4.68 Å². The molecule has 1 unspecified atom stereocenters. The third kappa shape index (κ3) is 3.51. The number of hydrogen-bond donors (Lipinski definition) is 1. The van der Waals surface area contributed by atoms with Gasteiger partial charge in [-0.05, 0) is 25.5 Å². The molecule has 0 radical (unpaired) electrons. The van der Waals surface area contributed by atoms with Gasteiger partial charge >= 0.3 is 0 Å². The van der Waals surface area contributed by atoms with Crippen LogP contribution in [0.25, 0.3) is 0 Å². The minimum atomic E-state index is 0.309. The summed E-state index contributed by atoms with van der Waals surface area (Å²) in [6.07, 6.45) is 3.99. The second-order valence-corrected chi connectivity index (χ2v) is 3.83. The molecule has 0 aliphatic carbocycles. The van der Waals surface area contributed by atoms with Gasteiger partial charge in [-0.2, -0.15) is 5.10 Å². The summed E-state index contributed by atoms with van der Waals surface area (Å²) in [6, 6.07) is 2.37. The van der Waals surface area contributed by atoms with Crippen LogP contribution >= 0.6 is 0 Å². The molecule has 0 saturated carbocycles. The highest BCUT2D eigenvalue weighted by Crippen LogP contribution is 2.19. The molecule has 1 atom stereocenters. The zero-order chi connectivity index (χ0) is 11.3. The van der Waals surface area contributed by atoms with Crippen LogP contribution in [-0.2, 0) is 7.05 Å². The van der Waals surface area contributed by atoms with E-state index < -0.39 is 0 Å². The van der Waals surface area contributed by atoms with Crippen molar-refractivity contribution >= 4 is 0 Å². The molecule has 0 aliphatic heterocycles. The SMILES string of the molecule is C=C(CC)CC(NCC)c1ccn(C)n1. The fourth-order valence-corrected chi connectivity index (χ4v) is 1.58. The van der Waals surface area contributed by atoms with Crippen LogP contribution in [0.3, 0.4) is 0 Å². The number of aromatic nitrogens is 2. The molecular weight excluding hydrogens is 186 g/mol. The topological polar surface area (TPSA) is 29.9 Å². The van der Waals surface area contributed by atoms with Gasteiger partial charge in [0, 0.05) is 13.2 Å². The maximum Gasteiger partial charge on any atom is 0.0797 e. The van der Waals surface area contributed by atoms with E-state index in [1.165, 1.54) is 5.57 Å². The van der Waals surface area contributed by atoms with Crippen LogP contribution in [0, 0.1) is 0 Å². The van der Waals surface area contributed by atoms with Gasteiger partial charge in [-0.1, -0.05) is 26.0 Å². The molecule has 0 aromatic carbocycles. The Hall–Kier alpha value is -1.09. The van der Waals surface area contributed by atoms with Gasteiger partial charge < -0.3 is 5.32 Å². The van der Waals surface area contributed by atoms with Crippen LogP contribution < -0.4 is 5.32 Å². The first-order valence-corrected chi connectivity index (χ1v) is 5.57. The molecule has 0 bridgehead atoms. The van der Waals surface area contributed by atoms with E-state index in [1.807, 2.05) is 17.9 Å². The zero-order valence-electron chi connectivity index (χ0n) is 9.95. The van der Waals surface area contributed by atoms with Gasteiger partial charge in [0.15, 0.2) is 0 Å². The molecule has 0 spiro atoms. The Balaban J connectivity index is 2.69. The lowest BCUT2D eigenvalue weighted by Gasteiger charge is -2.16. The molecule has 15 heavy (non-hydrogen) atoms. The lowest BCUT2D eigenvalue weighted by atomic mass is 10.0. The number of rotatable bonds is 6. The average molecular weight is 207 g/mol. The first kappa shape index (κ1) is 12.0. The molecule has 0 fully saturated rings. The summed E-state index contributed by atoms with van der Waals surface area (Å²) >= 11 is 0. The smallest absolute Gasteiger partial charge is 0.0797 e. The molecule has 0 saturated heterocycles. The number of nitrogens with zero attached hydrogens (tertiary/aromatic N) is 2. The Labute approximate surface area is 92.2 Å². The third-order valence-electron chi connectivity index (χ3n) is 2.53. The predicted molar refractivity (Wildman–Crippen MR) is 63.7 cm³/mol. The van der Waals surface area contributed by atoms with Gasteiger partial charge in [0.1, 0.15) is 0 Å².